The molecule has 0 atom stereocenters. The van der Waals surface area contributed by atoms with Gasteiger partial charge in [-0.25, -0.2) is 4.68 Å². The summed E-state index contributed by atoms with van der Waals surface area (Å²) < 4.78 is 11.2. The molecule has 2 heterocycles. The van der Waals surface area contributed by atoms with E-state index in [1.54, 1.807) is 21.0 Å². The van der Waals surface area contributed by atoms with Crippen LogP contribution in [0.5, 0.6) is 0 Å². The lowest BCUT2D eigenvalue weighted by Crippen LogP contribution is -2.28. The van der Waals surface area contributed by atoms with Crippen LogP contribution in [0, 0.1) is 13.8 Å². The van der Waals surface area contributed by atoms with Crippen molar-refractivity contribution in [2.24, 2.45) is 0 Å². The van der Waals surface area contributed by atoms with Crippen LogP contribution in [0.25, 0.3) is 10.9 Å². The Morgan fingerprint density at radius 2 is 2.18 bits per heavy atom. The number of aryl methyl sites for hydroxylation is 3. The Labute approximate surface area is 127 Å². The van der Waals surface area contributed by atoms with E-state index < -0.39 is 0 Å². The Bertz CT molecular complexity index is 719. The lowest BCUT2D eigenvalue weighted by atomic mass is 10.2. The van der Waals surface area contributed by atoms with Gasteiger partial charge in [-0.2, -0.15) is 5.10 Å². The fourth-order valence-electron chi connectivity index (χ4n) is 2.26. The molecule has 0 saturated heterocycles. The molecule has 0 aliphatic heterocycles. The first-order valence-corrected chi connectivity index (χ1v) is 7.14. The van der Waals surface area contributed by atoms with Crippen molar-refractivity contribution in [1.82, 2.24) is 20.3 Å². The van der Waals surface area contributed by atoms with Crippen LogP contribution in [0.3, 0.4) is 0 Å². The third-order valence-corrected chi connectivity index (χ3v) is 3.33. The average molecular weight is 308 g/mol. The summed E-state index contributed by atoms with van der Waals surface area (Å²) in [7, 11) is 1.58. The van der Waals surface area contributed by atoms with E-state index in [1.807, 2.05) is 0 Å². The number of rotatable bonds is 7. The van der Waals surface area contributed by atoms with E-state index in [0.29, 0.717) is 49.4 Å². The number of methoxy groups -OCH3 is 1. The number of hydrogen-bond donors (Lipinski definition) is 1. The number of ether oxygens (including phenoxy) is 1. The molecule has 0 bridgehead atoms. The molecule has 8 nitrogen and oxygen atoms in total. The van der Waals surface area contributed by atoms with Gasteiger partial charge < -0.3 is 14.6 Å². The van der Waals surface area contributed by atoms with Gasteiger partial charge in [0.1, 0.15) is 5.76 Å². The molecule has 0 aliphatic carbocycles. The summed E-state index contributed by atoms with van der Waals surface area (Å²) >= 11 is 0. The van der Waals surface area contributed by atoms with E-state index in [1.165, 1.54) is 4.68 Å². The van der Waals surface area contributed by atoms with E-state index >= 15 is 0 Å². The van der Waals surface area contributed by atoms with E-state index in [2.05, 4.69) is 15.6 Å². The third kappa shape index (κ3) is 3.51. The molecule has 2 aromatic rings. The van der Waals surface area contributed by atoms with Crippen LogP contribution in [0.4, 0.5) is 0 Å². The minimum absolute atomic E-state index is 0.0693. The SMILES string of the molecule is COCCNC(=O)CCCn1nc(C)c2c(C)onc2c1=O. The molecule has 0 aromatic carbocycles. The lowest BCUT2D eigenvalue weighted by Gasteiger charge is -2.07. The number of amides is 1. The van der Waals surface area contributed by atoms with Crippen molar-refractivity contribution in [3.8, 4) is 0 Å². The molecule has 0 aliphatic rings. The molecule has 0 radical (unpaired) electrons. The Morgan fingerprint density at radius 1 is 1.41 bits per heavy atom. The summed E-state index contributed by atoms with van der Waals surface area (Å²) in [5.74, 6) is 0.516. The largest absolute Gasteiger partial charge is 0.383 e. The standard InChI is InChI=1S/C14H20N4O4/c1-9-12-10(2)22-17-13(12)14(20)18(16-9)7-4-5-11(19)15-6-8-21-3/h4-8H2,1-3H3,(H,15,19). The van der Waals surface area contributed by atoms with Crippen LogP contribution in [0.2, 0.25) is 0 Å². The number of carbonyl (C=O) groups excluding carboxylic acids is 1. The van der Waals surface area contributed by atoms with Gasteiger partial charge in [0.15, 0.2) is 5.52 Å². The van der Waals surface area contributed by atoms with Crippen molar-refractivity contribution >= 4 is 16.8 Å². The van der Waals surface area contributed by atoms with Crippen LogP contribution < -0.4 is 10.9 Å². The summed E-state index contributed by atoms with van der Waals surface area (Å²) in [5, 5.41) is 11.4. The van der Waals surface area contributed by atoms with Crippen LogP contribution >= 0.6 is 0 Å². The predicted octanol–water partition coefficient (Wildman–Crippen LogP) is 0.544. The molecule has 8 heteroatoms. The summed E-state index contributed by atoms with van der Waals surface area (Å²) in [5.41, 5.74) is 0.685. The van der Waals surface area contributed by atoms with Crippen molar-refractivity contribution in [2.45, 2.75) is 33.2 Å². The topological polar surface area (TPSA) is 99.2 Å². The van der Waals surface area contributed by atoms with Crippen LogP contribution in [0.15, 0.2) is 9.32 Å². The average Bonchev–Trinajstić information content (AvgIpc) is 2.87. The van der Waals surface area contributed by atoms with Crippen molar-refractivity contribution in [2.75, 3.05) is 20.3 Å². The van der Waals surface area contributed by atoms with Crippen molar-refractivity contribution in [1.29, 1.82) is 0 Å². The van der Waals surface area contributed by atoms with Crippen molar-refractivity contribution in [3.63, 3.8) is 0 Å². The zero-order valence-electron chi connectivity index (χ0n) is 13.0. The molecule has 0 fully saturated rings. The molecule has 0 saturated carbocycles. The number of nitrogens with one attached hydrogen (secondary N) is 1. The highest BCUT2D eigenvalue weighted by Gasteiger charge is 2.14. The number of nitrogens with zero attached hydrogens (tertiary/aromatic N) is 3. The number of hydrogen-bond acceptors (Lipinski definition) is 6. The fourth-order valence-corrected chi connectivity index (χ4v) is 2.26. The summed E-state index contributed by atoms with van der Waals surface area (Å²) in [4.78, 5) is 23.8. The molecular weight excluding hydrogens is 288 g/mol. The summed E-state index contributed by atoms with van der Waals surface area (Å²) in [6, 6.07) is 0. The van der Waals surface area contributed by atoms with Gasteiger partial charge in [-0.1, -0.05) is 5.16 Å². The van der Waals surface area contributed by atoms with Crippen molar-refractivity contribution in [3.05, 3.63) is 21.8 Å². The second-order valence-corrected chi connectivity index (χ2v) is 5.02. The van der Waals surface area contributed by atoms with Gasteiger partial charge in [-0.3, -0.25) is 9.59 Å². The third-order valence-electron chi connectivity index (χ3n) is 3.33. The normalized spacial score (nSPS) is 11.0. The molecule has 0 unspecified atom stereocenters. The Morgan fingerprint density at radius 3 is 2.91 bits per heavy atom. The van der Waals surface area contributed by atoms with Crippen LogP contribution in [-0.2, 0) is 16.1 Å². The second-order valence-electron chi connectivity index (χ2n) is 5.02. The van der Waals surface area contributed by atoms with Gasteiger partial charge in [0.25, 0.3) is 5.56 Å². The summed E-state index contributed by atoms with van der Waals surface area (Å²) in [6.07, 6.45) is 0.847. The maximum Gasteiger partial charge on any atom is 0.296 e. The molecule has 1 N–H and O–H groups in total. The lowest BCUT2D eigenvalue weighted by molar-refractivity contribution is -0.121. The van der Waals surface area contributed by atoms with Gasteiger partial charge in [-0.05, 0) is 20.3 Å². The Kier molecular flexibility index (Phi) is 5.26. The molecule has 22 heavy (non-hydrogen) atoms. The van der Waals surface area contributed by atoms with Crippen LogP contribution in [0.1, 0.15) is 24.3 Å². The first-order valence-electron chi connectivity index (χ1n) is 7.14. The molecule has 2 aromatic heterocycles. The van der Waals surface area contributed by atoms with Gasteiger partial charge in [-0.15, -0.1) is 0 Å². The molecule has 1 amide bonds. The van der Waals surface area contributed by atoms with E-state index in [4.69, 9.17) is 9.26 Å². The van der Waals surface area contributed by atoms with Gasteiger partial charge >= 0.3 is 0 Å². The van der Waals surface area contributed by atoms with E-state index in [0.717, 1.165) is 0 Å². The highest BCUT2D eigenvalue weighted by atomic mass is 16.5. The first-order chi connectivity index (χ1) is 10.5. The zero-order valence-corrected chi connectivity index (χ0v) is 13.0. The minimum Gasteiger partial charge on any atom is -0.383 e. The fraction of sp³-hybridized carbons (Fsp3) is 0.571. The zero-order chi connectivity index (χ0) is 16.1. The quantitative estimate of drug-likeness (QED) is 0.750. The highest BCUT2D eigenvalue weighted by molar-refractivity contribution is 5.81. The number of fused-ring (bicyclic) bond motifs is 1. The van der Waals surface area contributed by atoms with Gasteiger partial charge in [0.2, 0.25) is 5.91 Å². The maximum atomic E-state index is 12.2. The van der Waals surface area contributed by atoms with E-state index in [-0.39, 0.29) is 17.0 Å². The first kappa shape index (κ1) is 16.2. The van der Waals surface area contributed by atoms with Crippen molar-refractivity contribution < 1.29 is 14.1 Å². The minimum atomic E-state index is -0.294. The van der Waals surface area contributed by atoms with Gasteiger partial charge in [0.05, 0.1) is 17.7 Å². The van der Waals surface area contributed by atoms with E-state index in [9.17, 15) is 9.59 Å². The predicted molar refractivity (Wildman–Crippen MR) is 79.7 cm³/mol. The number of aromatic nitrogens is 3. The number of carbonyl (C=O) groups is 1. The molecule has 120 valence electrons. The Balaban J connectivity index is 1.99. The molecule has 0 spiro atoms. The monoisotopic (exact) mass is 308 g/mol. The smallest absolute Gasteiger partial charge is 0.296 e. The van der Waals surface area contributed by atoms with Crippen LogP contribution in [-0.4, -0.2) is 41.1 Å². The highest BCUT2D eigenvalue weighted by Crippen LogP contribution is 2.16. The Hall–Kier alpha value is -2.22. The summed E-state index contributed by atoms with van der Waals surface area (Å²) in [6.45, 7) is 4.88. The molecule has 2 rings (SSSR count). The molecular formula is C14H20N4O4. The van der Waals surface area contributed by atoms with Gasteiger partial charge in [0, 0.05) is 26.6 Å². The second kappa shape index (κ2) is 7.17. The maximum absolute atomic E-state index is 12.2.